The van der Waals surface area contributed by atoms with Gasteiger partial charge in [-0.2, -0.15) is 0 Å². The molecule has 1 aromatic carbocycles. The molecule has 0 radical (unpaired) electrons. The van der Waals surface area contributed by atoms with E-state index in [1.165, 1.54) is 19.3 Å². The fraction of sp³-hybridized carbons (Fsp3) is 0.565. The molecule has 1 N–H and O–H groups in total. The summed E-state index contributed by atoms with van der Waals surface area (Å²) in [6, 6.07) is 8.64. The molecular formula is C23H32N4O2. The molecule has 1 saturated heterocycles. The van der Waals surface area contributed by atoms with Gasteiger partial charge >= 0.3 is 6.03 Å². The maximum atomic E-state index is 12.5. The fourth-order valence-corrected chi connectivity index (χ4v) is 4.34. The summed E-state index contributed by atoms with van der Waals surface area (Å²) in [5.74, 6) is 1.57. The van der Waals surface area contributed by atoms with Crippen LogP contribution in [0.4, 0.5) is 4.79 Å². The van der Waals surface area contributed by atoms with E-state index in [4.69, 9.17) is 9.40 Å². The second kappa shape index (κ2) is 8.99. The van der Waals surface area contributed by atoms with Crippen molar-refractivity contribution < 1.29 is 9.21 Å². The number of hydrogen-bond donors (Lipinski definition) is 1. The van der Waals surface area contributed by atoms with Gasteiger partial charge in [0.1, 0.15) is 5.76 Å². The van der Waals surface area contributed by atoms with Crippen molar-refractivity contribution in [2.75, 3.05) is 26.2 Å². The van der Waals surface area contributed by atoms with Gasteiger partial charge in [0.05, 0.1) is 5.69 Å². The minimum absolute atomic E-state index is 0.107. The molecule has 2 amide bonds. The van der Waals surface area contributed by atoms with E-state index in [1.807, 2.05) is 30.0 Å². The zero-order chi connectivity index (χ0) is 20.2. The van der Waals surface area contributed by atoms with Gasteiger partial charge in [0.2, 0.25) is 5.89 Å². The number of hydrogen-bond acceptors (Lipinski definition) is 4. The molecule has 2 aromatic rings. The van der Waals surface area contributed by atoms with Gasteiger partial charge in [-0.25, -0.2) is 9.78 Å². The number of rotatable bonds is 4. The van der Waals surface area contributed by atoms with E-state index < -0.39 is 0 Å². The number of nitrogens with zero attached hydrogens (tertiary/aromatic N) is 3. The Balaban J connectivity index is 1.31. The summed E-state index contributed by atoms with van der Waals surface area (Å²) >= 11 is 0. The lowest BCUT2D eigenvalue weighted by Gasteiger charge is -2.35. The molecule has 2 fully saturated rings. The van der Waals surface area contributed by atoms with Gasteiger partial charge in [-0.3, -0.25) is 4.90 Å². The van der Waals surface area contributed by atoms with Gasteiger partial charge in [-0.15, -0.1) is 0 Å². The Morgan fingerprint density at radius 3 is 2.55 bits per heavy atom. The maximum absolute atomic E-state index is 12.5. The standard InChI is InChI=1S/C23H32N4O2/c1-17-8-6-7-11-20(17)22-25-21(18(2)29-22)16-26-12-14-27(15-13-26)23(28)24-19-9-4-3-5-10-19/h6-8,11,19H,3-5,9-10,12-16H2,1-2H3,(H,24,28). The van der Waals surface area contributed by atoms with E-state index in [1.54, 1.807) is 0 Å². The summed E-state index contributed by atoms with van der Waals surface area (Å²) in [6.07, 6.45) is 6.03. The number of aryl methyl sites for hydroxylation is 2. The molecule has 1 aliphatic carbocycles. The van der Waals surface area contributed by atoms with E-state index >= 15 is 0 Å². The number of benzene rings is 1. The van der Waals surface area contributed by atoms with Crippen molar-refractivity contribution in [3.8, 4) is 11.5 Å². The van der Waals surface area contributed by atoms with Crippen LogP contribution in [0, 0.1) is 13.8 Å². The first kappa shape index (κ1) is 20.0. The van der Waals surface area contributed by atoms with Crippen LogP contribution in [0.3, 0.4) is 0 Å². The van der Waals surface area contributed by atoms with Crippen LogP contribution >= 0.6 is 0 Å². The van der Waals surface area contributed by atoms with E-state index in [0.29, 0.717) is 11.9 Å². The minimum atomic E-state index is 0.107. The molecule has 0 bridgehead atoms. The second-order valence-electron chi connectivity index (χ2n) is 8.38. The number of nitrogens with one attached hydrogen (secondary N) is 1. The van der Waals surface area contributed by atoms with Crippen LogP contribution < -0.4 is 5.32 Å². The molecule has 29 heavy (non-hydrogen) atoms. The largest absolute Gasteiger partial charge is 0.441 e. The predicted molar refractivity (Wildman–Crippen MR) is 114 cm³/mol. The van der Waals surface area contributed by atoms with Crippen molar-refractivity contribution in [2.45, 2.75) is 58.5 Å². The van der Waals surface area contributed by atoms with Crippen LogP contribution in [-0.4, -0.2) is 53.0 Å². The average molecular weight is 397 g/mol. The molecule has 156 valence electrons. The molecule has 1 aromatic heterocycles. The van der Waals surface area contributed by atoms with Crippen molar-refractivity contribution in [3.05, 3.63) is 41.3 Å². The van der Waals surface area contributed by atoms with Crippen LogP contribution in [-0.2, 0) is 6.54 Å². The third-order valence-electron chi connectivity index (χ3n) is 6.23. The molecule has 0 spiro atoms. The van der Waals surface area contributed by atoms with E-state index in [9.17, 15) is 4.79 Å². The summed E-state index contributed by atoms with van der Waals surface area (Å²) in [5.41, 5.74) is 3.20. The number of carbonyl (C=O) groups is 1. The maximum Gasteiger partial charge on any atom is 0.317 e. The molecule has 0 atom stereocenters. The first-order valence-electron chi connectivity index (χ1n) is 10.9. The van der Waals surface area contributed by atoms with Crippen molar-refractivity contribution in [3.63, 3.8) is 0 Å². The highest BCUT2D eigenvalue weighted by molar-refractivity contribution is 5.74. The minimum Gasteiger partial charge on any atom is -0.441 e. The number of aromatic nitrogens is 1. The van der Waals surface area contributed by atoms with Crippen LogP contribution in [0.2, 0.25) is 0 Å². The van der Waals surface area contributed by atoms with Crippen molar-refractivity contribution in [1.29, 1.82) is 0 Å². The van der Waals surface area contributed by atoms with E-state index in [0.717, 1.165) is 68.1 Å². The summed E-state index contributed by atoms with van der Waals surface area (Å²) in [7, 11) is 0. The Kier molecular flexibility index (Phi) is 6.19. The van der Waals surface area contributed by atoms with Crippen LogP contribution in [0.5, 0.6) is 0 Å². The van der Waals surface area contributed by atoms with Crippen molar-refractivity contribution in [1.82, 2.24) is 20.1 Å². The number of carbonyl (C=O) groups excluding carboxylic acids is 1. The normalized spacial score (nSPS) is 18.8. The van der Waals surface area contributed by atoms with Gasteiger partial charge in [0.15, 0.2) is 0 Å². The van der Waals surface area contributed by atoms with Crippen molar-refractivity contribution >= 4 is 6.03 Å². The van der Waals surface area contributed by atoms with Crippen LogP contribution in [0.25, 0.3) is 11.5 Å². The fourth-order valence-electron chi connectivity index (χ4n) is 4.34. The van der Waals surface area contributed by atoms with Crippen LogP contribution in [0.1, 0.15) is 49.1 Å². The first-order valence-corrected chi connectivity index (χ1v) is 10.9. The van der Waals surface area contributed by atoms with E-state index in [2.05, 4.69) is 23.2 Å². The molecule has 0 unspecified atom stereocenters. The molecule has 6 nitrogen and oxygen atoms in total. The lowest BCUT2D eigenvalue weighted by molar-refractivity contribution is 0.131. The zero-order valence-electron chi connectivity index (χ0n) is 17.6. The lowest BCUT2D eigenvalue weighted by Crippen LogP contribution is -2.53. The number of oxazole rings is 1. The Bertz CT molecular complexity index is 833. The Morgan fingerprint density at radius 1 is 1.10 bits per heavy atom. The Morgan fingerprint density at radius 2 is 1.83 bits per heavy atom. The SMILES string of the molecule is Cc1ccccc1-c1nc(CN2CCN(C(=O)NC3CCCCC3)CC2)c(C)o1. The monoisotopic (exact) mass is 396 g/mol. The van der Waals surface area contributed by atoms with Gasteiger partial charge < -0.3 is 14.6 Å². The third-order valence-corrected chi connectivity index (χ3v) is 6.23. The smallest absolute Gasteiger partial charge is 0.317 e. The molecule has 2 heterocycles. The summed E-state index contributed by atoms with van der Waals surface area (Å²) in [4.78, 5) is 21.6. The average Bonchev–Trinajstić information content (AvgIpc) is 3.09. The van der Waals surface area contributed by atoms with Crippen molar-refractivity contribution in [2.24, 2.45) is 0 Å². The predicted octanol–water partition coefficient (Wildman–Crippen LogP) is 4.12. The first-order chi connectivity index (χ1) is 14.1. The summed E-state index contributed by atoms with van der Waals surface area (Å²) in [5, 5.41) is 3.23. The lowest BCUT2D eigenvalue weighted by atomic mass is 9.96. The molecule has 2 aliphatic rings. The molecular weight excluding hydrogens is 364 g/mol. The number of urea groups is 1. The highest BCUT2D eigenvalue weighted by Crippen LogP contribution is 2.25. The topological polar surface area (TPSA) is 61.6 Å². The van der Waals surface area contributed by atoms with Gasteiger partial charge in [-0.1, -0.05) is 37.5 Å². The highest BCUT2D eigenvalue weighted by atomic mass is 16.4. The molecule has 6 heteroatoms. The zero-order valence-corrected chi connectivity index (χ0v) is 17.6. The number of amides is 2. The quantitative estimate of drug-likeness (QED) is 0.845. The molecule has 1 aliphatic heterocycles. The van der Waals surface area contributed by atoms with Crippen LogP contribution in [0.15, 0.2) is 28.7 Å². The highest BCUT2D eigenvalue weighted by Gasteiger charge is 2.25. The van der Waals surface area contributed by atoms with Gasteiger partial charge in [0.25, 0.3) is 0 Å². The molecule has 1 saturated carbocycles. The molecule has 4 rings (SSSR count). The number of piperazine rings is 1. The summed E-state index contributed by atoms with van der Waals surface area (Å²) in [6.45, 7) is 8.08. The van der Waals surface area contributed by atoms with Gasteiger partial charge in [0, 0.05) is 44.3 Å². The Hall–Kier alpha value is -2.34. The van der Waals surface area contributed by atoms with Gasteiger partial charge in [-0.05, 0) is 38.3 Å². The Labute approximate surface area is 173 Å². The van der Waals surface area contributed by atoms with E-state index in [-0.39, 0.29) is 6.03 Å². The summed E-state index contributed by atoms with van der Waals surface area (Å²) < 4.78 is 5.95. The second-order valence-corrected chi connectivity index (χ2v) is 8.38. The third kappa shape index (κ3) is 4.81.